The minimum atomic E-state index is 0.519. The molecule has 0 atom stereocenters. The van der Waals surface area contributed by atoms with Gasteiger partial charge in [0.15, 0.2) is 17.5 Å². The summed E-state index contributed by atoms with van der Waals surface area (Å²) in [7, 11) is 0. The Hall–Kier alpha value is -6.46. The fourth-order valence-corrected chi connectivity index (χ4v) is 6.97. The molecule has 47 heavy (non-hydrogen) atoms. The Bertz CT molecular complexity index is 2690. The lowest BCUT2D eigenvalue weighted by molar-refractivity contribution is 0.669. The summed E-state index contributed by atoms with van der Waals surface area (Å²) in [5, 5.41) is 4.49. The van der Waals surface area contributed by atoms with Crippen LogP contribution in [0.25, 0.3) is 100 Å². The molecule has 1 aliphatic rings. The third kappa shape index (κ3) is 4.03. The van der Waals surface area contributed by atoms with Crippen LogP contribution in [0, 0.1) is 0 Å². The maximum atomic E-state index is 6.23. The molecular formula is C42H24N4O. The molecule has 0 saturated carbocycles. The Morgan fingerprint density at radius 1 is 0.404 bits per heavy atom. The van der Waals surface area contributed by atoms with E-state index >= 15 is 0 Å². The van der Waals surface area contributed by atoms with Gasteiger partial charge in [-0.2, -0.15) is 0 Å². The summed E-state index contributed by atoms with van der Waals surface area (Å²) in [4.78, 5) is 20.3. The van der Waals surface area contributed by atoms with Crippen molar-refractivity contribution in [3.05, 3.63) is 146 Å². The number of fused-ring (bicyclic) bond motifs is 6. The van der Waals surface area contributed by atoms with Crippen LogP contribution in [0.4, 0.5) is 0 Å². The molecule has 9 aromatic rings. The Balaban J connectivity index is 1.21. The summed E-state index contributed by atoms with van der Waals surface area (Å²) in [5.41, 5.74) is 11.0. The second-order valence-corrected chi connectivity index (χ2v) is 11.9. The summed E-state index contributed by atoms with van der Waals surface area (Å²) in [5.74, 6) is 1.67. The van der Waals surface area contributed by atoms with Crippen molar-refractivity contribution in [2.75, 3.05) is 0 Å². The van der Waals surface area contributed by atoms with Gasteiger partial charge in [0.05, 0.1) is 0 Å². The van der Waals surface area contributed by atoms with Gasteiger partial charge in [0, 0.05) is 33.7 Å². The molecule has 10 rings (SSSR count). The Kier molecular flexibility index (Phi) is 5.51. The molecule has 3 aromatic heterocycles. The second kappa shape index (κ2) is 10.0. The lowest BCUT2D eigenvalue weighted by Crippen LogP contribution is -2.02. The van der Waals surface area contributed by atoms with Crippen molar-refractivity contribution in [1.82, 2.24) is 19.9 Å². The molecule has 218 valence electrons. The van der Waals surface area contributed by atoms with Crippen LogP contribution < -0.4 is 0 Å². The number of para-hydroxylation sites is 1. The fourth-order valence-electron chi connectivity index (χ4n) is 6.97. The zero-order valence-corrected chi connectivity index (χ0v) is 25.1. The Morgan fingerprint density at radius 3 is 1.96 bits per heavy atom. The van der Waals surface area contributed by atoms with Crippen molar-refractivity contribution in [3.63, 3.8) is 0 Å². The highest BCUT2D eigenvalue weighted by Crippen LogP contribution is 2.47. The molecule has 5 nitrogen and oxygen atoms in total. The first-order valence-corrected chi connectivity index (χ1v) is 15.6. The molecule has 3 heterocycles. The van der Waals surface area contributed by atoms with Crippen LogP contribution in [-0.2, 0) is 0 Å². The molecule has 0 spiro atoms. The van der Waals surface area contributed by atoms with Crippen molar-refractivity contribution in [1.29, 1.82) is 0 Å². The molecule has 0 radical (unpaired) electrons. The van der Waals surface area contributed by atoms with Gasteiger partial charge in [-0.05, 0) is 62.9 Å². The summed E-state index contributed by atoms with van der Waals surface area (Å²) < 4.78 is 6.23. The van der Waals surface area contributed by atoms with E-state index in [-0.39, 0.29) is 0 Å². The molecule has 0 amide bonds. The average Bonchev–Trinajstić information content (AvgIpc) is 3.69. The average molecular weight is 601 g/mol. The van der Waals surface area contributed by atoms with Crippen LogP contribution in [0.2, 0.25) is 0 Å². The van der Waals surface area contributed by atoms with Crippen LogP contribution in [0.1, 0.15) is 0 Å². The molecule has 0 N–H and O–H groups in total. The van der Waals surface area contributed by atoms with Gasteiger partial charge in [0.1, 0.15) is 16.9 Å². The van der Waals surface area contributed by atoms with Crippen molar-refractivity contribution < 1.29 is 4.42 Å². The number of benzene rings is 6. The van der Waals surface area contributed by atoms with Crippen molar-refractivity contribution >= 4 is 32.7 Å². The third-order valence-corrected chi connectivity index (χ3v) is 9.12. The number of rotatable bonds is 4. The molecule has 0 aliphatic heterocycles. The predicted molar refractivity (Wildman–Crippen MR) is 189 cm³/mol. The highest BCUT2D eigenvalue weighted by Gasteiger charge is 2.24. The van der Waals surface area contributed by atoms with Gasteiger partial charge in [0.2, 0.25) is 0 Å². The van der Waals surface area contributed by atoms with Crippen LogP contribution in [0.5, 0.6) is 0 Å². The van der Waals surface area contributed by atoms with Crippen LogP contribution in [0.3, 0.4) is 0 Å². The van der Waals surface area contributed by atoms with Crippen LogP contribution >= 0.6 is 0 Å². The number of aromatic nitrogens is 4. The van der Waals surface area contributed by atoms with Gasteiger partial charge in [-0.3, -0.25) is 4.98 Å². The monoisotopic (exact) mass is 600 g/mol. The first-order valence-electron chi connectivity index (χ1n) is 15.6. The molecule has 6 aromatic carbocycles. The molecule has 0 unspecified atom stereocenters. The van der Waals surface area contributed by atoms with Gasteiger partial charge in [-0.25, -0.2) is 15.0 Å². The van der Waals surface area contributed by atoms with Crippen molar-refractivity contribution in [3.8, 4) is 67.7 Å². The molecule has 0 saturated heterocycles. The molecule has 0 fully saturated rings. The molecule has 1 aliphatic carbocycles. The van der Waals surface area contributed by atoms with E-state index in [1.165, 1.54) is 21.9 Å². The van der Waals surface area contributed by atoms with E-state index < -0.39 is 0 Å². The first kappa shape index (κ1) is 25.8. The number of hydrogen-bond donors (Lipinski definition) is 0. The van der Waals surface area contributed by atoms with Crippen molar-refractivity contribution in [2.24, 2.45) is 0 Å². The van der Waals surface area contributed by atoms with E-state index in [1.54, 1.807) is 0 Å². The summed E-state index contributed by atoms with van der Waals surface area (Å²) in [6.45, 7) is 0. The minimum absolute atomic E-state index is 0.519. The number of furan rings is 1. The Morgan fingerprint density at radius 2 is 1.06 bits per heavy atom. The van der Waals surface area contributed by atoms with Crippen LogP contribution in [-0.4, -0.2) is 19.9 Å². The molecular weight excluding hydrogens is 576 g/mol. The Labute approximate surface area is 269 Å². The highest BCUT2D eigenvalue weighted by atomic mass is 16.3. The van der Waals surface area contributed by atoms with E-state index in [4.69, 9.17) is 24.4 Å². The lowest BCUT2D eigenvalue weighted by Gasteiger charge is -2.11. The lowest BCUT2D eigenvalue weighted by atomic mass is 10.0. The second-order valence-electron chi connectivity index (χ2n) is 11.9. The quantitative estimate of drug-likeness (QED) is 0.201. The van der Waals surface area contributed by atoms with E-state index in [0.717, 1.165) is 55.3 Å². The first-order chi connectivity index (χ1) is 23.3. The van der Waals surface area contributed by atoms with E-state index in [1.807, 2.05) is 42.6 Å². The standard InChI is InChI=1S/C42H24N4O/c1-2-10-25(11-3-1)27-14-6-15-28(22-27)40-44-41(32-19-9-21-37-39(32)31-16-4-5-20-36(31)47-37)46-42(45-40)35-23-33-29-17-7-12-26-13-8-18-30(38(26)29)34(33)24-43-35/h1-24H. The van der Waals surface area contributed by atoms with E-state index in [2.05, 4.69) is 103 Å². The maximum absolute atomic E-state index is 6.23. The normalized spacial score (nSPS) is 11.8. The molecule has 0 bridgehead atoms. The van der Waals surface area contributed by atoms with Crippen molar-refractivity contribution in [2.45, 2.75) is 0 Å². The maximum Gasteiger partial charge on any atom is 0.182 e. The zero-order chi connectivity index (χ0) is 30.9. The van der Waals surface area contributed by atoms with Gasteiger partial charge < -0.3 is 4.42 Å². The minimum Gasteiger partial charge on any atom is -0.456 e. The van der Waals surface area contributed by atoms with Gasteiger partial charge in [-0.15, -0.1) is 0 Å². The van der Waals surface area contributed by atoms with Gasteiger partial charge >= 0.3 is 0 Å². The third-order valence-electron chi connectivity index (χ3n) is 9.12. The largest absolute Gasteiger partial charge is 0.456 e. The SMILES string of the molecule is c1ccc(-c2cccc(-c3nc(-c4cc5c(cn4)-c4cccc6cccc-5c46)nc(-c4cccc5oc6ccccc6c45)n3)c2)cc1. The van der Waals surface area contributed by atoms with Crippen LogP contribution in [0.15, 0.2) is 150 Å². The highest BCUT2D eigenvalue weighted by molar-refractivity contribution is 6.15. The zero-order valence-electron chi connectivity index (χ0n) is 25.1. The smallest absolute Gasteiger partial charge is 0.182 e. The van der Waals surface area contributed by atoms with E-state index in [0.29, 0.717) is 23.2 Å². The fraction of sp³-hybridized carbons (Fsp3) is 0. The summed E-state index contributed by atoms with van der Waals surface area (Å²) in [6.07, 6.45) is 1.96. The topological polar surface area (TPSA) is 64.7 Å². The predicted octanol–water partition coefficient (Wildman–Crippen LogP) is 10.6. The number of hydrogen-bond acceptors (Lipinski definition) is 5. The van der Waals surface area contributed by atoms with E-state index in [9.17, 15) is 0 Å². The molecule has 5 heteroatoms. The van der Waals surface area contributed by atoms with Gasteiger partial charge in [0.25, 0.3) is 0 Å². The number of nitrogens with zero attached hydrogens (tertiary/aromatic N) is 4. The summed E-state index contributed by atoms with van der Waals surface area (Å²) in [6, 6.07) is 47.9. The summed E-state index contributed by atoms with van der Waals surface area (Å²) >= 11 is 0. The van der Waals surface area contributed by atoms with Gasteiger partial charge in [-0.1, -0.05) is 115 Å². The number of pyridine rings is 1.